The Morgan fingerprint density at radius 3 is 2.52 bits per heavy atom. The molecule has 0 spiro atoms. The van der Waals surface area contributed by atoms with E-state index in [2.05, 4.69) is 0 Å². The second-order valence-corrected chi connectivity index (χ2v) is 5.07. The molecule has 0 amide bonds. The number of para-hydroxylation sites is 1. The summed E-state index contributed by atoms with van der Waals surface area (Å²) in [6.45, 7) is 0. The number of ether oxygens (including phenoxy) is 1. The zero-order valence-corrected chi connectivity index (χ0v) is 11.5. The summed E-state index contributed by atoms with van der Waals surface area (Å²) in [5, 5.41) is 9.38. The molecule has 1 aliphatic rings. The Morgan fingerprint density at radius 2 is 1.76 bits per heavy atom. The highest BCUT2D eigenvalue weighted by molar-refractivity contribution is 5.94. The van der Waals surface area contributed by atoms with Crippen molar-refractivity contribution in [3.8, 4) is 5.75 Å². The lowest BCUT2D eigenvalue weighted by molar-refractivity contribution is -0.133. The van der Waals surface area contributed by atoms with Gasteiger partial charge in [-0.1, -0.05) is 48.5 Å². The second kappa shape index (κ2) is 5.83. The Kier molecular flexibility index (Phi) is 3.73. The van der Waals surface area contributed by atoms with Crippen LogP contribution < -0.4 is 4.74 Å². The van der Waals surface area contributed by atoms with Crippen LogP contribution in [0.5, 0.6) is 5.75 Å². The van der Waals surface area contributed by atoms with Crippen molar-refractivity contribution < 1.29 is 14.6 Å². The van der Waals surface area contributed by atoms with Crippen molar-refractivity contribution in [2.45, 2.75) is 18.9 Å². The third kappa shape index (κ3) is 2.97. The van der Waals surface area contributed by atoms with Crippen LogP contribution in [0.4, 0.5) is 0 Å². The molecule has 0 fully saturated rings. The molecule has 0 aliphatic carbocycles. The molecule has 3 heteroatoms. The van der Waals surface area contributed by atoms with Crippen molar-refractivity contribution in [3.63, 3.8) is 0 Å². The normalized spacial score (nSPS) is 16.6. The number of hydrogen-bond donors (Lipinski definition) is 1. The summed E-state index contributed by atoms with van der Waals surface area (Å²) in [5.41, 5.74) is 2.33. The molecule has 0 radical (unpaired) electrons. The van der Waals surface area contributed by atoms with Gasteiger partial charge in [0.1, 0.15) is 11.9 Å². The molecule has 2 aromatic carbocycles. The van der Waals surface area contributed by atoms with Crippen LogP contribution in [0.25, 0.3) is 6.08 Å². The number of carboxylic acids is 1. The van der Waals surface area contributed by atoms with Gasteiger partial charge in [-0.15, -0.1) is 0 Å². The maximum atomic E-state index is 11.4. The lowest BCUT2D eigenvalue weighted by atomic mass is 9.96. The summed E-state index contributed by atoms with van der Waals surface area (Å²) in [5.74, 6) is -0.164. The zero-order chi connectivity index (χ0) is 14.7. The fourth-order valence-electron chi connectivity index (χ4n) is 2.54. The Bertz CT molecular complexity index is 674. The fourth-order valence-corrected chi connectivity index (χ4v) is 2.54. The molecule has 21 heavy (non-hydrogen) atoms. The molecule has 3 rings (SSSR count). The van der Waals surface area contributed by atoms with E-state index in [4.69, 9.17) is 4.74 Å². The smallest absolute Gasteiger partial charge is 0.335 e. The molecule has 0 bridgehead atoms. The first-order valence-corrected chi connectivity index (χ1v) is 6.98. The van der Waals surface area contributed by atoms with Crippen LogP contribution in [0.3, 0.4) is 0 Å². The largest absolute Gasteiger partial charge is 0.485 e. The molecule has 1 unspecified atom stereocenters. The van der Waals surface area contributed by atoms with Crippen molar-refractivity contribution in [2.75, 3.05) is 0 Å². The SMILES string of the molecule is O=C(O)C1=Cc2ccccc2OC1CCc1ccccc1. The molecule has 3 nitrogen and oxygen atoms in total. The highest BCUT2D eigenvalue weighted by Crippen LogP contribution is 2.31. The van der Waals surface area contributed by atoms with Crippen LogP contribution in [0.15, 0.2) is 60.2 Å². The average Bonchev–Trinajstić information content (AvgIpc) is 2.53. The Morgan fingerprint density at radius 1 is 1.05 bits per heavy atom. The minimum atomic E-state index is -0.914. The molecular formula is C18H16O3. The number of carboxylic acid groups (broad SMARTS) is 1. The van der Waals surface area contributed by atoms with Crippen LogP contribution >= 0.6 is 0 Å². The molecule has 0 saturated heterocycles. The first kappa shape index (κ1) is 13.4. The molecule has 0 saturated carbocycles. The fraction of sp³-hybridized carbons (Fsp3) is 0.167. The van der Waals surface area contributed by atoms with Crippen molar-refractivity contribution in [2.24, 2.45) is 0 Å². The van der Waals surface area contributed by atoms with Gasteiger partial charge in [0.15, 0.2) is 0 Å². The van der Waals surface area contributed by atoms with E-state index < -0.39 is 12.1 Å². The number of rotatable bonds is 4. The number of aryl methyl sites for hydroxylation is 1. The molecule has 1 heterocycles. The van der Waals surface area contributed by atoms with E-state index in [1.165, 1.54) is 5.56 Å². The monoisotopic (exact) mass is 280 g/mol. The number of carbonyl (C=O) groups is 1. The predicted molar refractivity (Wildman–Crippen MR) is 81.2 cm³/mol. The van der Waals surface area contributed by atoms with Crippen LogP contribution in [0.1, 0.15) is 17.5 Å². The van der Waals surface area contributed by atoms with E-state index in [-0.39, 0.29) is 0 Å². The Labute approximate surface area is 123 Å². The summed E-state index contributed by atoms with van der Waals surface area (Å²) in [7, 11) is 0. The van der Waals surface area contributed by atoms with Gasteiger partial charge in [0.2, 0.25) is 0 Å². The summed E-state index contributed by atoms with van der Waals surface area (Å²) < 4.78 is 5.88. The summed E-state index contributed by atoms with van der Waals surface area (Å²) in [4.78, 5) is 11.4. The highest BCUT2D eigenvalue weighted by Gasteiger charge is 2.27. The summed E-state index contributed by atoms with van der Waals surface area (Å²) >= 11 is 0. The van der Waals surface area contributed by atoms with Gasteiger partial charge < -0.3 is 9.84 Å². The third-order valence-corrected chi connectivity index (χ3v) is 3.63. The zero-order valence-electron chi connectivity index (χ0n) is 11.5. The third-order valence-electron chi connectivity index (χ3n) is 3.63. The molecule has 1 N–H and O–H groups in total. The Hall–Kier alpha value is -2.55. The maximum Gasteiger partial charge on any atom is 0.335 e. The molecular weight excluding hydrogens is 264 g/mol. The molecule has 0 aromatic heterocycles. The lowest BCUT2D eigenvalue weighted by Gasteiger charge is -2.25. The van der Waals surface area contributed by atoms with Gasteiger partial charge in [-0.3, -0.25) is 0 Å². The minimum Gasteiger partial charge on any atom is -0.485 e. The van der Waals surface area contributed by atoms with Crippen LogP contribution in [-0.4, -0.2) is 17.2 Å². The minimum absolute atomic E-state index is 0.324. The Balaban J connectivity index is 1.80. The topological polar surface area (TPSA) is 46.5 Å². The van der Waals surface area contributed by atoms with Crippen LogP contribution in [0.2, 0.25) is 0 Å². The lowest BCUT2D eigenvalue weighted by Crippen LogP contribution is -2.27. The standard InChI is InChI=1S/C18H16O3/c19-18(20)15-12-14-8-4-5-9-16(14)21-17(15)11-10-13-6-2-1-3-7-13/h1-9,12,17H,10-11H2,(H,19,20). The van der Waals surface area contributed by atoms with Gasteiger partial charge in [-0.25, -0.2) is 4.79 Å². The van der Waals surface area contributed by atoms with Gasteiger partial charge in [0.05, 0.1) is 5.57 Å². The van der Waals surface area contributed by atoms with Gasteiger partial charge in [-0.2, -0.15) is 0 Å². The number of aliphatic carboxylic acids is 1. The molecule has 106 valence electrons. The number of hydrogen-bond acceptors (Lipinski definition) is 2. The van der Waals surface area contributed by atoms with Gasteiger partial charge >= 0.3 is 5.97 Å². The van der Waals surface area contributed by atoms with Crippen LogP contribution in [0, 0.1) is 0 Å². The van der Waals surface area contributed by atoms with E-state index in [0.29, 0.717) is 12.0 Å². The van der Waals surface area contributed by atoms with Gasteiger partial charge in [0, 0.05) is 5.56 Å². The van der Waals surface area contributed by atoms with Crippen molar-refractivity contribution in [3.05, 3.63) is 71.3 Å². The number of fused-ring (bicyclic) bond motifs is 1. The van der Waals surface area contributed by atoms with Gasteiger partial charge in [0.25, 0.3) is 0 Å². The first-order valence-electron chi connectivity index (χ1n) is 6.98. The van der Waals surface area contributed by atoms with E-state index in [0.717, 1.165) is 17.7 Å². The molecule has 1 atom stereocenters. The first-order chi connectivity index (χ1) is 10.2. The van der Waals surface area contributed by atoms with E-state index in [9.17, 15) is 9.90 Å². The van der Waals surface area contributed by atoms with Crippen molar-refractivity contribution in [1.29, 1.82) is 0 Å². The molecule has 2 aromatic rings. The summed E-state index contributed by atoms with van der Waals surface area (Å²) in [6.07, 6.45) is 2.75. The number of benzene rings is 2. The van der Waals surface area contributed by atoms with E-state index >= 15 is 0 Å². The van der Waals surface area contributed by atoms with Gasteiger partial charge in [-0.05, 0) is 30.5 Å². The average molecular weight is 280 g/mol. The predicted octanol–water partition coefficient (Wildman–Crippen LogP) is 3.55. The van der Waals surface area contributed by atoms with Crippen LogP contribution in [-0.2, 0) is 11.2 Å². The summed E-state index contributed by atoms with van der Waals surface area (Å²) in [6, 6.07) is 17.5. The van der Waals surface area contributed by atoms with E-state index in [1.54, 1.807) is 6.08 Å². The van der Waals surface area contributed by atoms with E-state index in [1.807, 2.05) is 54.6 Å². The van der Waals surface area contributed by atoms with Crippen molar-refractivity contribution in [1.82, 2.24) is 0 Å². The second-order valence-electron chi connectivity index (χ2n) is 5.07. The van der Waals surface area contributed by atoms with Crippen molar-refractivity contribution >= 4 is 12.0 Å². The maximum absolute atomic E-state index is 11.4. The molecule has 1 aliphatic heterocycles. The quantitative estimate of drug-likeness (QED) is 0.931. The highest BCUT2D eigenvalue weighted by atomic mass is 16.5.